The van der Waals surface area contributed by atoms with E-state index in [0.29, 0.717) is 12.3 Å². The van der Waals surface area contributed by atoms with Crippen LogP contribution in [0.4, 0.5) is 0 Å². The zero-order valence-corrected chi connectivity index (χ0v) is 9.74. The second kappa shape index (κ2) is 6.38. The van der Waals surface area contributed by atoms with Crippen LogP contribution < -0.4 is 14.2 Å². The molecule has 0 saturated heterocycles. The molecule has 1 atom stereocenters. The number of ether oxygens (including phenoxy) is 1. The van der Waals surface area contributed by atoms with Crippen molar-refractivity contribution in [2.75, 3.05) is 13.7 Å². The van der Waals surface area contributed by atoms with Crippen molar-refractivity contribution in [1.82, 2.24) is 0 Å². The van der Waals surface area contributed by atoms with Gasteiger partial charge in [0.2, 0.25) is 0 Å². The maximum Gasteiger partial charge on any atom is 0.394 e. The quantitative estimate of drug-likeness (QED) is 0.725. The summed E-state index contributed by atoms with van der Waals surface area (Å²) in [4.78, 5) is 11.3. The molecule has 0 saturated carbocycles. The van der Waals surface area contributed by atoms with E-state index in [9.17, 15) is 4.89 Å². The number of nitrogens with zero attached hydrogens (tertiary/aromatic N) is 1. The first kappa shape index (κ1) is 12.0. The van der Waals surface area contributed by atoms with Gasteiger partial charge >= 0.3 is 8.17 Å². The first-order valence-electron chi connectivity index (χ1n) is 4.73. The molecule has 1 aromatic rings. The molecule has 0 fully saturated rings. The number of hydrogen-bond acceptors (Lipinski definition) is 4. The van der Waals surface area contributed by atoms with E-state index >= 15 is 0 Å². The van der Waals surface area contributed by atoms with Crippen LogP contribution >= 0.6 is 8.17 Å². The van der Waals surface area contributed by atoms with E-state index in [1.54, 1.807) is 31.4 Å². The Balaban J connectivity index is 2.57. The van der Waals surface area contributed by atoms with E-state index in [2.05, 4.69) is 4.74 Å². The van der Waals surface area contributed by atoms with Crippen molar-refractivity contribution in [1.29, 1.82) is 0 Å². The monoisotopic (exact) mass is 227 g/mol. The van der Waals surface area contributed by atoms with E-state index in [0.717, 1.165) is 12.2 Å². The zero-order chi connectivity index (χ0) is 11.1. The fraction of sp³-hybridized carbons (Fsp3) is 0.400. The molecule has 0 bridgehead atoms. The molecule has 5 heteroatoms. The van der Waals surface area contributed by atoms with Crippen molar-refractivity contribution >= 4 is 8.17 Å². The van der Waals surface area contributed by atoms with Crippen LogP contribution in [0, 0.1) is 0 Å². The maximum absolute atomic E-state index is 11.3. The van der Waals surface area contributed by atoms with E-state index in [4.69, 9.17) is 9.26 Å². The maximum atomic E-state index is 11.3. The molecular formula is C10H14NO3P. The van der Waals surface area contributed by atoms with Gasteiger partial charge in [-0.05, 0) is 30.7 Å². The first-order valence-corrected chi connectivity index (χ1v) is 5.86. The fourth-order valence-electron chi connectivity index (χ4n) is 0.937. The molecule has 0 radical (unpaired) electrons. The van der Waals surface area contributed by atoms with Crippen LogP contribution in [-0.2, 0) is 0 Å². The Hall–Kier alpha value is -1.12. The average molecular weight is 227 g/mol. The van der Waals surface area contributed by atoms with Crippen LogP contribution in [0.25, 0.3) is 0 Å². The normalized spacial score (nSPS) is 11.3. The Morgan fingerprint density at radius 2 is 1.87 bits per heavy atom. The fourth-order valence-corrected chi connectivity index (χ4v) is 1.66. The summed E-state index contributed by atoms with van der Waals surface area (Å²) < 4.78 is 13.9. The third-order valence-corrected chi connectivity index (χ3v) is 2.48. The van der Waals surface area contributed by atoms with Crippen LogP contribution in [0.5, 0.6) is 11.5 Å². The van der Waals surface area contributed by atoms with Gasteiger partial charge in [0, 0.05) is 0 Å². The summed E-state index contributed by atoms with van der Waals surface area (Å²) in [5.74, 6) is 1.28. The van der Waals surface area contributed by atoms with Crippen molar-refractivity contribution in [3.8, 4) is 11.5 Å². The molecule has 15 heavy (non-hydrogen) atoms. The van der Waals surface area contributed by atoms with Gasteiger partial charge in [0.1, 0.15) is 5.75 Å². The number of benzene rings is 1. The lowest BCUT2D eigenvalue weighted by Crippen LogP contribution is -1.95. The highest BCUT2D eigenvalue weighted by Crippen LogP contribution is 2.25. The van der Waals surface area contributed by atoms with Crippen LogP contribution in [0.2, 0.25) is 0 Å². The molecule has 1 rings (SSSR count). The summed E-state index contributed by atoms with van der Waals surface area (Å²) in [5, 5.41) is 0. The molecule has 4 nitrogen and oxygen atoms in total. The van der Waals surface area contributed by atoms with E-state index < -0.39 is 8.17 Å². The van der Waals surface area contributed by atoms with Crippen LogP contribution in [0.15, 0.2) is 29.0 Å². The molecule has 0 aliphatic rings. The Morgan fingerprint density at radius 3 is 2.40 bits per heavy atom. The summed E-state index contributed by atoms with van der Waals surface area (Å²) in [6, 6.07) is 6.90. The topological polar surface area (TPSA) is 53.9 Å². The van der Waals surface area contributed by atoms with Gasteiger partial charge in [-0.2, -0.15) is 0 Å². The van der Waals surface area contributed by atoms with Gasteiger partial charge < -0.3 is 9.63 Å². The van der Waals surface area contributed by atoms with Crippen molar-refractivity contribution < 1.29 is 14.2 Å². The highest BCUT2D eigenvalue weighted by molar-refractivity contribution is 7.34. The number of methoxy groups -OCH3 is 1. The van der Waals surface area contributed by atoms with Crippen molar-refractivity contribution in [3.05, 3.63) is 24.3 Å². The van der Waals surface area contributed by atoms with Crippen molar-refractivity contribution in [2.45, 2.75) is 13.3 Å². The summed E-state index contributed by atoms with van der Waals surface area (Å²) in [6.07, 6.45) is 0.868. The number of rotatable bonds is 5. The minimum atomic E-state index is -1.94. The van der Waals surface area contributed by atoms with Gasteiger partial charge in [0.05, 0.1) is 13.7 Å². The molecule has 0 amide bonds. The van der Waals surface area contributed by atoms with Crippen molar-refractivity contribution in [3.63, 3.8) is 0 Å². The zero-order valence-electron chi connectivity index (χ0n) is 8.84. The minimum Gasteiger partial charge on any atom is -0.575 e. The smallest absolute Gasteiger partial charge is 0.394 e. The van der Waals surface area contributed by atoms with Crippen LogP contribution in [0.3, 0.4) is 0 Å². The third-order valence-electron chi connectivity index (χ3n) is 1.68. The van der Waals surface area contributed by atoms with Crippen LogP contribution in [-0.4, -0.2) is 13.7 Å². The summed E-state index contributed by atoms with van der Waals surface area (Å²) in [5.41, 5.74) is 0. The van der Waals surface area contributed by atoms with Gasteiger partial charge in [-0.25, -0.2) is 0 Å². The molecule has 0 heterocycles. The highest BCUT2D eigenvalue weighted by Gasteiger charge is 2.03. The largest absolute Gasteiger partial charge is 0.575 e. The Morgan fingerprint density at radius 1 is 1.27 bits per heavy atom. The number of hydrogen-bond donors (Lipinski definition) is 0. The SMILES string of the molecule is CCC/N=[P+](\[O-])Oc1ccc(OC)cc1. The lowest BCUT2D eigenvalue weighted by atomic mass is 10.3. The van der Waals surface area contributed by atoms with Crippen molar-refractivity contribution in [2.24, 2.45) is 4.74 Å². The second-order valence-electron chi connectivity index (χ2n) is 2.87. The molecule has 0 N–H and O–H groups in total. The van der Waals surface area contributed by atoms with Gasteiger partial charge in [-0.1, -0.05) is 11.7 Å². The van der Waals surface area contributed by atoms with Gasteiger partial charge in [0.15, 0.2) is 5.75 Å². The Bertz CT molecular complexity index is 324. The Labute approximate surface area is 90.5 Å². The predicted molar refractivity (Wildman–Crippen MR) is 58.1 cm³/mol. The standard InChI is InChI=1S/C10H14NO3P/c1-3-8-11-15(12)14-10-6-4-9(13-2)5-7-10/h4-7H,3,8H2,1-2H3. The Kier molecular flexibility index (Phi) is 5.08. The molecule has 0 aliphatic carbocycles. The average Bonchev–Trinajstić information content (AvgIpc) is 2.27. The molecule has 0 aromatic heterocycles. The van der Waals surface area contributed by atoms with E-state index in [-0.39, 0.29) is 0 Å². The summed E-state index contributed by atoms with van der Waals surface area (Å²) >= 11 is 0. The second-order valence-corrected chi connectivity index (χ2v) is 3.81. The molecule has 0 spiro atoms. The highest BCUT2D eigenvalue weighted by atomic mass is 31.1. The molecular weight excluding hydrogens is 213 g/mol. The third kappa shape index (κ3) is 4.28. The molecule has 0 aliphatic heterocycles. The lowest BCUT2D eigenvalue weighted by Gasteiger charge is -2.00. The summed E-state index contributed by atoms with van der Waals surface area (Å²) in [7, 11) is -0.352. The lowest BCUT2D eigenvalue weighted by molar-refractivity contribution is -0.168. The van der Waals surface area contributed by atoms with Crippen LogP contribution in [0.1, 0.15) is 13.3 Å². The predicted octanol–water partition coefficient (Wildman–Crippen LogP) is 2.34. The van der Waals surface area contributed by atoms with Gasteiger partial charge in [-0.3, -0.25) is 4.52 Å². The van der Waals surface area contributed by atoms with E-state index in [1.807, 2.05) is 6.92 Å². The molecule has 1 aromatic carbocycles. The molecule has 82 valence electrons. The molecule has 1 unspecified atom stereocenters. The van der Waals surface area contributed by atoms with Gasteiger partial charge in [0.25, 0.3) is 0 Å². The van der Waals surface area contributed by atoms with E-state index in [1.165, 1.54) is 0 Å². The minimum absolute atomic E-state index is 0.539. The first-order chi connectivity index (χ1) is 7.26. The van der Waals surface area contributed by atoms with Gasteiger partial charge in [-0.15, -0.1) is 0 Å². The summed E-state index contributed by atoms with van der Waals surface area (Å²) in [6.45, 7) is 2.53.